The highest BCUT2D eigenvalue weighted by Gasteiger charge is 2.55. The minimum atomic E-state index is -1.93. The van der Waals surface area contributed by atoms with Gasteiger partial charge in [0.1, 0.15) is 164 Å². The molecule has 9 heterocycles. The number of amides is 3. The van der Waals surface area contributed by atoms with E-state index in [1.807, 2.05) is 0 Å². The minimum absolute atomic E-state index is 0.0237. The third-order valence-electron chi connectivity index (χ3n) is 17.4. The summed E-state index contributed by atoms with van der Waals surface area (Å²) < 4.78 is 53.1. The summed E-state index contributed by atoms with van der Waals surface area (Å²) >= 11 is 0. The number of carbonyl (C=O) groups is 3. The van der Waals surface area contributed by atoms with Crippen molar-refractivity contribution in [2.45, 2.75) is 204 Å². The Morgan fingerprint density at radius 1 is 0.333 bits per heavy atom. The number of hydrogen-bond donors (Lipinski definition) is 24. The van der Waals surface area contributed by atoms with Crippen molar-refractivity contribution in [2.24, 2.45) is 0 Å². The van der Waals surface area contributed by atoms with Gasteiger partial charge in [0.15, 0.2) is 37.6 Å². The molecule has 0 saturated carbocycles. The largest absolute Gasteiger partial charge is 0.394 e. The van der Waals surface area contributed by atoms with Crippen LogP contribution in [0.15, 0.2) is 36.8 Å². The Hall–Kier alpha value is -6.15. The standard InChI is InChI=1S/C54H78N12O33/c67-10-22-28(73)31(76)40(85)52(94-22)97-43-25(13-70)91-49(37(82)34(43)79)64-7-19(58-61-64)4-55-46(88)16-1-17(47(89)56-5-20-8-65(62-59-20)50-38(83)35(80)44(26(14-71)92-50)98-53-41(86)32(77)29(74)23(11-68)95-53)3-18(2-16)48(90)57-6-21-9-66(63-60-21)51-39(84)36(81)45(27(15-72)93-51)99-54-42(87)33(78)30(75)24(12-69)96-54/h1-3,7-9,22-45,49-54,67-87H,4-6,10-15H2,(H,55,88)(H,56,89)(H,57,90)/t22-,23-,24-,25-,26-,27-,28+,29+,30+,31+,32+,33+,34-,35-,36-,37-,38-,39-,40-,41-,42-,43-,44-,45-,49-,50-,51-,52+,53+,54+/m1/s1. The predicted octanol–water partition coefficient (Wildman–Crippen LogP) is -15.4. The number of aliphatic hydroxyl groups is 21. The average Bonchev–Trinajstić information content (AvgIpc) is 1.66. The van der Waals surface area contributed by atoms with Crippen LogP contribution in [0.2, 0.25) is 0 Å². The number of benzene rings is 1. The number of aromatic nitrogens is 9. The second kappa shape index (κ2) is 32.4. The number of nitrogens with one attached hydrogen (secondary N) is 3. The van der Waals surface area contributed by atoms with Crippen LogP contribution in [-0.4, -0.2) is 375 Å². The molecule has 45 nitrogen and oxygen atoms in total. The van der Waals surface area contributed by atoms with E-state index < -0.39 is 261 Å². The van der Waals surface area contributed by atoms with Crippen LogP contribution in [0.5, 0.6) is 0 Å². The summed E-state index contributed by atoms with van der Waals surface area (Å²) in [7, 11) is 0. The first-order valence-corrected chi connectivity index (χ1v) is 30.7. The predicted molar refractivity (Wildman–Crippen MR) is 305 cm³/mol. The summed E-state index contributed by atoms with van der Waals surface area (Å²) in [6.07, 6.45) is -48.5. The Morgan fingerprint density at radius 2 is 0.576 bits per heavy atom. The lowest BCUT2D eigenvalue weighted by Gasteiger charge is -2.45. The van der Waals surface area contributed by atoms with Crippen molar-refractivity contribution in [1.29, 1.82) is 0 Å². The Kier molecular flexibility index (Phi) is 24.8. The van der Waals surface area contributed by atoms with Gasteiger partial charge in [0, 0.05) is 16.7 Å². The summed E-state index contributed by atoms with van der Waals surface area (Å²) in [5.74, 6) is -2.83. The monoisotopic (exact) mass is 1420 g/mol. The van der Waals surface area contributed by atoms with Crippen molar-refractivity contribution in [3.05, 3.63) is 70.6 Å². The van der Waals surface area contributed by atoms with Gasteiger partial charge in [0.2, 0.25) is 0 Å². The van der Waals surface area contributed by atoms with E-state index in [4.69, 9.17) is 42.6 Å². The second-order valence-corrected chi connectivity index (χ2v) is 24.0. The summed E-state index contributed by atoms with van der Waals surface area (Å²) in [5, 5.41) is 251. The summed E-state index contributed by atoms with van der Waals surface area (Å²) in [4.78, 5) is 42.2. The van der Waals surface area contributed by atoms with Crippen molar-refractivity contribution >= 4 is 17.7 Å². The highest BCUT2D eigenvalue weighted by molar-refractivity contribution is 6.04. The summed E-state index contributed by atoms with van der Waals surface area (Å²) in [6, 6.07) is 3.25. The normalized spacial score (nSPS) is 39.7. The molecular weight excluding hydrogens is 1340 g/mol. The SMILES string of the molecule is O=C(NCc1cn([C@@H]2O[C@H](CO)[C@@H](O[C@@H]3O[C@H](CO)[C@H](O)[C@H](O)[C@H]3O)[C@H](O)[C@H]2O)nn1)c1cc(C(=O)NCc2cn([C@@H]3O[C@H](CO)[C@@H](O[C@@H]4O[C@H](CO)[C@H](O)[C@H](O)[C@H]4O)[C@H](O)[C@H]3O)nn2)cc(C(=O)NCc2cn([C@@H]3O[C@H](CO)[C@@H](O[C@@H]4O[C@H](CO)[C@H](O)[C@H](O)[C@H]4O)[C@H](O)[C@H]3O)nn2)c1. The van der Waals surface area contributed by atoms with Crippen LogP contribution < -0.4 is 16.0 Å². The molecule has 30 atom stereocenters. The van der Waals surface area contributed by atoms with E-state index in [1.54, 1.807) is 0 Å². The molecule has 0 unspecified atom stereocenters. The Morgan fingerprint density at radius 3 is 0.808 bits per heavy atom. The van der Waals surface area contributed by atoms with Gasteiger partial charge in [-0.05, 0) is 18.2 Å². The van der Waals surface area contributed by atoms with Crippen molar-refractivity contribution in [1.82, 2.24) is 60.9 Å². The molecule has 6 aliphatic heterocycles. The van der Waals surface area contributed by atoms with Gasteiger partial charge in [0.05, 0.1) is 77.9 Å². The number of carbonyl (C=O) groups excluding carboxylic acids is 3. The molecule has 0 aliphatic carbocycles. The Labute approximate surface area is 555 Å². The maximum atomic E-state index is 14.1. The van der Waals surface area contributed by atoms with E-state index in [9.17, 15) is 122 Å². The highest BCUT2D eigenvalue weighted by atomic mass is 16.7. The molecule has 10 rings (SSSR count). The molecule has 3 amide bonds. The van der Waals surface area contributed by atoms with Crippen LogP contribution in [0.3, 0.4) is 0 Å². The Bertz CT molecular complexity index is 2970. The fraction of sp³-hybridized carbons (Fsp3) is 0.722. The van der Waals surface area contributed by atoms with Crippen molar-refractivity contribution in [3.8, 4) is 0 Å². The molecule has 6 aliphatic rings. The number of rotatable bonds is 24. The van der Waals surface area contributed by atoms with Crippen LogP contribution in [0, 0.1) is 0 Å². The van der Waals surface area contributed by atoms with Crippen molar-refractivity contribution in [2.75, 3.05) is 39.6 Å². The van der Waals surface area contributed by atoms with Crippen LogP contribution in [0.4, 0.5) is 0 Å². The quantitative estimate of drug-likeness (QED) is 0.0310. The minimum Gasteiger partial charge on any atom is -0.394 e. The van der Waals surface area contributed by atoms with Gasteiger partial charge >= 0.3 is 0 Å². The average molecular weight is 1420 g/mol. The maximum absolute atomic E-state index is 14.1. The van der Waals surface area contributed by atoms with Crippen LogP contribution in [0.1, 0.15) is 66.8 Å². The molecule has 0 radical (unpaired) electrons. The molecule has 1 aromatic carbocycles. The van der Waals surface area contributed by atoms with Crippen molar-refractivity contribution in [3.63, 3.8) is 0 Å². The zero-order valence-corrected chi connectivity index (χ0v) is 51.5. The summed E-state index contributed by atoms with van der Waals surface area (Å²) in [6.45, 7) is -6.44. The first-order valence-electron chi connectivity index (χ1n) is 30.7. The lowest BCUT2D eigenvalue weighted by molar-refractivity contribution is -0.347. The van der Waals surface area contributed by atoms with Crippen LogP contribution in [-0.2, 0) is 62.3 Å². The first kappa shape index (κ1) is 75.5. The third kappa shape index (κ3) is 15.9. The zero-order valence-electron chi connectivity index (χ0n) is 51.5. The number of nitrogens with zero attached hydrogens (tertiary/aromatic N) is 9. The molecule has 6 saturated heterocycles. The van der Waals surface area contributed by atoms with E-state index in [-0.39, 0.29) is 33.8 Å². The molecule has 552 valence electrons. The van der Waals surface area contributed by atoms with E-state index in [0.717, 1.165) is 32.2 Å². The molecule has 6 fully saturated rings. The van der Waals surface area contributed by atoms with E-state index in [2.05, 4.69) is 46.9 Å². The highest BCUT2D eigenvalue weighted by Crippen LogP contribution is 2.37. The smallest absolute Gasteiger partial charge is 0.251 e. The molecular formula is C54H78N12O33. The molecule has 3 aromatic heterocycles. The second-order valence-electron chi connectivity index (χ2n) is 24.0. The van der Waals surface area contributed by atoms with E-state index >= 15 is 0 Å². The van der Waals surface area contributed by atoms with E-state index in [0.29, 0.717) is 0 Å². The van der Waals surface area contributed by atoms with Gasteiger partial charge in [0.25, 0.3) is 17.7 Å². The van der Waals surface area contributed by atoms with Gasteiger partial charge < -0.3 is 166 Å². The fourth-order valence-electron chi connectivity index (χ4n) is 11.8. The molecule has 0 bridgehead atoms. The lowest BCUT2D eigenvalue weighted by atomic mass is 9.96. The number of hydrogen-bond acceptors (Lipinski definition) is 39. The topological polar surface area (TPSA) is 687 Å². The van der Waals surface area contributed by atoms with Crippen molar-refractivity contribution < 1.29 is 164 Å². The molecule has 24 N–H and O–H groups in total. The Balaban J connectivity index is 0.817. The van der Waals surface area contributed by atoms with E-state index in [1.165, 1.54) is 18.6 Å². The molecule has 99 heavy (non-hydrogen) atoms. The van der Waals surface area contributed by atoms with Crippen LogP contribution >= 0.6 is 0 Å². The third-order valence-corrected chi connectivity index (χ3v) is 17.4. The van der Waals surface area contributed by atoms with Gasteiger partial charge in [-0.15, -0.1) is 15.3 Å². The fourth-order valence-corrected chi connectivity index (χ4v) is 11.8. The number of aliphatic hydroxyl groups excluding tert-OH is 21. The molecule has 4 aromatic rings. The number of ether oxygens (including phenoxy) is 9. The molecule has 0 spiro atoms. The first-order chi connectivity index (χ1) is 47.2. The summed E-state index contributed by atoms with van der Waals surface area (Å²) in [5.41, 5.74) is -1.05. The van der Waals surface area contributed by atoms with Gasteiger partial charge in [-0.1, -0.05) is 15.6 Å². The van der Waals surface area contributed by atoms with Gasteiger partial charge in [-0.3, -0.25) is 14.4 Å². The van der Waals surface area contributed by atoms with Crippen LogP contribution in [0.25, 0.3) is 0 Å². The van der Waals surface area contributed by atoms with Gasteiger partial charge in [-0.25, -0.2) is 14.0 Å². The zero-order chi connectivity index (χ0) is 71.6. The van der Waals surface area contributed by atoms with Gasteiger partial charge in [-0.2, -0.15) is 0 Å². The lowest BCUT2D eigenvalue weighted by Crippen LogP contribution is -2.63. The maximum Gasteiger partial charge on any atom is 0.251 e. The molecule has 45 heteroatoms.